The monoisotopic (exact) mass is 415 g/mol. The van der Waals surface area contributed by atoms with Crippen LogP contribution in [0.5, 0.6) is 11.5 Å². The van der Waals surface area contributed by atoms with Gasteiger partial charge < -0.3 is 19.1 Å². The summed E-state index contributed by atoms with van der Waals surface area (Å²) in [6.07, 6.45) is 2.65. The first-order valence-electron chi connectivity index (χ1n) is 9.26. The molecule has 0 saturated carbocycles. The summed E-state index contributed by atoms with van der Waals surface area (Å²) >= 11 is 6.25. The van der Waals surface area contributed by atoms with E-state index < -0.39 is 12.1 Å². The molecule has 1 amide bonds. The number of halogens is 1. The highest BCUT2D eigenvalue weighted by atomic mass is 35.5. The number of esters is 1. The maximum Gasteiger partial charge on any atom is 0.331 e. The minimum Gasteiger partial charge on any atom is -0.489 e. The molecule has 2 aromatic rings. The highest BCUT2D eigenvalue weighted by Gasteiger charge is 2.21. The second-order valence-corrected chi connectivity index (χ2v) is 6.93. The van der Waals surface area contributed by atoms with Crippen LogP contribution in [-0.2, 0) is 14.3 Å². The number of anilines is 1. The number of carbonyl (C=O) groups excluding carboxylic acids is 2. The summed E-state index contributed by atoms with van der Waals surface area (Å²) in [6, 6.07) is 12.6. The van der Waals surface area contributed by atoms with Crippen LogP contribution in [0.1, 0.15) is 18.9 Å². The van der Waals surface area contributed by atoms with Crippen LogP contribution < -0.4 is 14.4 Å². The van der Waals surface area contributed by atoms with Gasteiger partial charge in [0.2, 0.25) is 0 Å². The van der Waals surface area contributed by atoms with E-state index in [1.165, 1.54) is 17.9 Å². The minimum atomic E-state index is -0.926. The minimum absolute atomic E-state index is 0.323. The zero-order valence-electron chi connectivity index (χ0n) is 16.3. The van der Waals surface area contributed by atoms with E-state index in [4.69, 9.17) is 25.8 Å². The SMILES string of the molecule is C[C@H](OC(=O)/C=C/c1cc(Cl)c2c(c1)OCCCO2)C(=O)N(C)c1ccccc1. The van der Waals surface area contributed by atoms with Crippen molar-refractivity contribution in [3.63, 3.8) is 0 Å². The third-order valence-electron chi connectivity index (χ3n) is 4.35. The molecule has 0 spiro atoms. The van der Waals surface area contributed by atoms with Gasteiger partial charge in [-0.25, -0.2) is 4.79 Å². The number of hydrogen-bond donors (Lipinski definition) is 0. The number of amides is 1. The lowest BCUT2D eigenvalue weighted by Gasteiger charge is -2.21. The fourth-order valence-electron chi connectivity index (χ4n) is 2.83. The van der Waals surface area contributed by atoms with Gasteiger partial charge in [0.15, 0.2) is 17.6 Å². The van der Waals surface area contributed by atoms with Gasteiger partial charge in [-0.15, -0.1) is 0 Å². The molecule has 0 N–H and O–H groups in total. The van der Waals surface area contributed by atoms with Gasteiger partial charge in [-0.2, -0.15) is 0 Å². The van der Waals surface area contributed by atoms with Gasteiger partial charge in [-0.05, 0) is 42.8 Å². The zero-order chi connectivity index (χ0) is 20.8. The summed E-state index contributed by atoms with van der Waals surface area (Å²) < 4.78 is 16.4. The molecule has 0 fully saturated rings. The lowest BCUT2D eigenvalue weighted by atomic mass is 10.2. The molecule has 1 heterocycles. The molecule has 0 bridgehead atoms. The molecule has 2 aromatic carbocycles. The van der Waals surface area contributed by atoms with Gasteiger partial charge in [-0.3, -0.25) is 4.79 Å². The Morgan fingerprint density at radius 3 is 2.66 bits per heavy atom. The smallest absolute Gasteiger partial charge is 0.331 e. The van der Waals surface area contributed by atoms with Crippen molar-refractivity contribution < 1.29 is 23.8 Å². The van der Waals surface area contributed by atoms with E-state index >= 15 is 0 Å². The van der Waals surface area contributed by atoms with Crippen molar-refractivity contribution in [2.75, 3.05) is 25.2 Å². The molecule has 3 rings (SSSR count). The van der Waals surface area contributed by atoms with Crippen molar-refractivity contribution in [2.45, 2.75) is 19.4 Å². The number of ether oxygens (including phenoxy) is 3. The number of likely N-dealkylation sites (N-methyl/N-ethyl adjacent to an activating group) is 1. The Morgan fingerprint density at radius 2 is 1.90 bits per heavy atom. The van der Waals surface area contributed by atoms with Crippen molar-refractivity contribution in [3.05, 3.63) is 59.1 Å². The molecule has 7 heteroatoms. The summed E-state index contributed by atoms with van der Waals surface area (Å²) in [6.45, 7) is 2.61. The summed E-state index contributed by atoms with van der Waals surface area (Å²) in [7, 11) is 1.64. The maximum atomic E-state index is 12.5. The molecule has 0 radical (unpaired) electrons. The first kappa shape index (κ1) is 20.7. The van der Waals surface area contributed by atoms with Crippen LogP contribution in [0.2, 0.25) is 5.02 Å². The van der Waals surface area contributed by atoms with Crippen molar-refractivity contribution in [3.8, 4) is 11.5 Å². The summed E-state index contributed by atoms with van der Waals surface area (Å²) in [4.78, 5) is 26.1. The van der Waals surface area contributed by atoms with Gasteiger partial charge >= 0.3 is 5.97 Å². The molecular weight excluding hydrogens is 394 g/mol. The molecule has 0 aromatic heterocycles. The lowest BCUT2D eigenvalue weighted by molar-refractivity contribution is -0.148. The number of hydrogen-bond acceptors (Lipinski definition) is 5. The van der Waals surface area contributed by atoms with Gasteiger partial charge in [0, 0.05) is 25.2 Å². The first-order valence-corrected chi connectivity index (χ1v) is 9.64. The van der Waals surface area contributed by atoms with E-state index in [1.807, 2.05) is 18.2 Å². The van der Waals surface area contributed by atoms with Crippen molar-refractivity contribution >= 4 is 35.2 Å². The van der Waals surface area contributed by atoms with E-state index in [0.717, 1.165) is 12.1 Å². The summed E-state index contributed by atoms with van der Waals surface area (Å²) in [5.74, 6) is 0.0928. The van der Waals surface area contributed by atoms with Crippen LogP contribution in [-0.4, -0.2) is 38.2 Å². The predicted octanol–water partition coefficient (Wildman–Crippen LogP) is 4.11. The van der Waals surface area contributed by atoms with Crippen molar-refractivity contribution in [2.24, 2.45) is 0 Å². The van der Waals surface area contributed by atoms with E-state index in [0.29, 0.717) is 35.3 Å². The number of rotatable bonds is 5. The molecule has 6 nitrogen and oxygen atoms in total. The molecule has 152 valence electrons. The first-order chi connectivity index (χ1) is 14.0. The Morgan fingerprint density at radius 1 is 1.17 bits per heavy atom. The molecule has 0 saturated heterocycles. The summed E-state index contributed by atoms with van der Waals surface area (Å²) in [5.41, 5.74) is 1.38. The van der Waals surface area contributed by atoms with Crippen LogP contribution in [0.15, 0.2) is 48.5 Å². The van der Waals surface area contributed by atoms with Gasteiger partial charge in [0.05, 0.1) is 18.2 Å². The second kappa shape index (κ2) is 9.47. The van der Waals surface area contributed by atoms with E-state index in [-0.39, 0.29) is 5.91 Å². The Labute approximate surface area is 174 Å². The van der Waals surface area contributed by atoms with Crippen molar-refractivity contribution in [1.29, 1.82) is 0 Å². The average molecular weight is 416 g/mol. The average Bonchev–Trinajstić information content (AvgIpc) is 2.97. The molecule has 1 atom stereocenters. The number of benzene rings is 2. The van der Waals surface area contributed by atoms with E-state index in [1.54, 1.807) is 37.4 Å². The second-order valence-electron chi connectivity index (χ2n) is 6.53. The van der Waals surface area contributed by atoms with Crippen LogP contribution in [0.4, 0.5) is 5.69 Å². The lowest BCUT2D eigenvalue weighted by Crippen LogP contribution is -2.37. The quantitative estimate of drug-likeness (QED) is 0.543. The largest absolute Gasteiger partial charge is 0.489 e. The molecule has 29 heavy (non-hydrogen) atoms. The predicted molar refractivity (Wildman–Crippen MR) is 111 cm³/mol. The topological polar surface area (TPSA) is 65.1 Å². The Hall–Kier alpha value is -2.99. The molecule has 0 aliphatic carbocycles. The highest BCUT2D eigenvalue weighted by molar-refractivity contribution is 6.32. The number of fused-ring (bicyclic) bond motifs is 1. The number of nitrogens with zero attached hydrogens (tertiary/aromatic N) is 1. The Bertz CT molecular complexity index is 913. The fraction of sp³-hybridized carbons (Fsp3) is 0.273. The third kappa shape index (κ3) is 5.29. The van der Waals surface area contributed by atoms with Gasteiger partial charge in [0.1, 0.15) is 0 Å². The van der Waals surface area contributed by atoms with Gasteiger partial charge in [0.25, 0.3) is 5.91 Å². The van der Waals surface area contributed by atoms with Crippen LogP contribution in [0.3, 0.4) is 0 Å². The molecular formula is C22H22ClNO5. The Kier molecular flexibility index (Phi) is 6.77. The number of para-hydroxylation sites is 1. The molecule has 0 unspecified atom stereocenters. The Balaban J connectivity index is 1.63. The fourth-order valence-corrected chi connectivity index (χ4v) is 3.10. The molecule has 1 aliphatic heterocycles. The standard InChI is InChI=1S/C22H22ClNO5/c1-15(22(26)24(2)17-7-4-3-5-8-17)29-20(25)10-9-16-13-18(23)21-19(14-16)27-11-6-12-28-21/h3-5,7-10,13-15H,6,11-12H2,1-2H3/b10-9+/t15-/m0/s1. The van der Waals surface area contributed by atoms with Crippen molar-refractivity contribution in [1.82, 2.24) is 0 Å². The third-order valence-corrected chi connectivity index (χ3v) is 4.63. The zero-order valence-corrected chi connectivity index (χ0v) is 17.0. The van der Waals surface area contributed by atoms with Crippen LogP contribution >= 0.6 is 11.6 Å². The summed E-state index contributed by atoms with van der Waals surface area (Å²) in [5, 5.41) is 0.408. The highest BCUT2D eigenvalue weighted by Crippen LogP contribution is 2.38. The van der Waals surface area contributed by atoms with E-state index in [2.05, 4.69) is 0 Å². The number of carbonyl (C=O) groups is 2. The maximum absolute atomic E-state index is 12.5. The van der Waals surface area contributed by atoms with Crippen LogP contribution in [0, 0.1) is 0 Å². The van der Waals surface area contributed by atoms with Gasteiger partial charge in [-0.1, -0.05) is 29.8 Å². The normalized spacial score (nSPS) is 14.2. The van der Waals surface area contributed by atoms with E-state index in [9.17, 15) is 9.59 Å². The van der Waals surface area contributed by atoms with Crippen LogP contribution in [0.25, 0.3) is 6.08 Å². The molecule has 1 aliphatic rings.